The zero-order valence-electron chi connectivity index (χ0n) is 20.6. The van der Waals surface area contributed by atoms with Gasteiger partial charge in [-0.05, 0) is 54.6 Å². The largest absolute Gasteiger partial charge is 0.354 e. The Morgan fingerprint density at radius 2 is 1.80 bits per heavy atom. The zero-order chi connectivity index (χ0) is 24.9. The van der Waals surface area contributed by atoms with Gasteiger partial charge in [0.15, 0.2) is 5.82 Å². The Labute approximate surface area is 214 Å². The zero-order valence-corrected chi connectivity index (χ0v) is 22.2. The Morgan fingerprint density at radius 3 is 2.54 bits per heavy atom. The first-order valence-corrected chi connectivity index (χ1v) is 13.3. The molecule has 0 aliphatic carbocycles. The van der Waals surface area contributed by atoms with Gasteiger partial charge in [0.05, 0.1) is 27.0 Å². The summed E-state index contributed by atoms with van der Waals surface area (Å²) < 4.78 is 19.0. The first-order valence-electron chi connectivity index (χ1n) is 11.7. The Bertz CT molecular complexity index is 1300. The van der Waals surface area contributed by atoms with Crippen LogP contribution in [-0.2, 0) is 0 Å². The molecule has 5 nitrogen and oxygen atoms in total. The monoisotopic (exact) mass is 507 g/mol. The molecule has 0 aliphatic rings. The van der Waals surface area contributed by atoms with Gasteiger partial charge in [0, 0.05) is 29.1 Å². The molecule has 0 saturated heterocycles. The number of benzene rings is 2. The minimum absolute atomic E-state index is 0.217. The predicted octanol–water partition coefficient (Wildman–Crippen LogP) is 8.03. The van der Waals surface area contributed by atoms with Gasteiger partial charge in [-0.2, -0.15) is 0 Å². The van der Waals surface area contributed by atoms with Crippen LogP contribution in [0.5, 0.6) is 0 Å². The highest BCUT2D eigenvalue weighted by molar-refractivity contribution is 8.00. The van der Waals surface area contributed by atoms with E-state index in [0.717, 1.165) is 32.6 Å². The standard InChI is InChI=1S/C27H30FN5S2/c1-16(2)15-30-27-29-14-13-21(31-27)25-24(32-26(34-25)17(3)4)19-10-8-11-20(23(19)28)33-35-22-12-7-6-9-18(22)5/h6-14,16-17,33H,15H2,1-5H3,(H,29,30,31). The second-order valence-corrected chi connectivity index (χ2v) is 10.9. The smallest absolute Gasteiger partial charge is 0.223 e. The molecule has 2 heterocycles. The van der Waals surface area contributed by atoms with Crippen molar-refractivity contribution in [2.45, 2.75) is 45.4 Å². The van der Waals surface area contributed by atoms with Gasteiger partial charge in [-0.25, -0.2) is 19.3 Å². The van der Waals surface area contributed by atoms with Gasteiger partial charge in [0.1, 0.15) is 0 Å². The van der Waals surface area contributed by atoms with Crippen LogP contribution >= 0.6 is 23.3 Å². The lowest BCUT2D eigenvalue weighted by Gasteiger charge is -2.12. The SMILES string of the molecule is Cc1ccccc1SNc1cccc(-c2nc(C(C)C)sc2-c2ccnc(NCC(C)C)n2)c1F. The van der Waals surface area contributed by atoms with Crippen molar-refractivity contribution in [3.63, 3.8) is 0 Å². The van der Waals surface area contributed by atoms with Gasteiger partial charge < -0.3 is 10.0 Å². The summed E-state index contributed by atoms with van der Waals surface area (Å²) >= 11 is 2.96. The lowest BCUT2D eigenvalue weighted by Crippen LogP contribution is -2.10. The maximum atomic E-state index is 15.8. The molecule has 4 rings (SSSR count). The third kappa shape index (κ3) is 6.00. The summed E-state index contributed by atoms with van der Waals surface area (Å²) in [6.45, 7) is 11.3. The average molecular weight is 508 g/mol. The number of aromatic nitrogens is 3. The molecule has 0 spiro atoms. The van der Waals surface area contributed by atoms with E-state index in [2.05, 4.69) is 42.7 Å². The van der Waals surface area contributed by atoms with E-state index in [0.29, 0.717) is 28.8 Å². The first-order chi connectivity index (χ1) is 16.8. The van der Waals surface area contributed by atoms with E-state index >= 15 is 4.39 Å². The van der Waals surface area contributed by atoms with Crippen LogP contribution in [0.4, 0.5) is 16.0 Å². The molecule has 4 aromatic rings. The van der Waals surface area contributed by atoms with Crippen LogP contribution in [0.15, 0.2) is 59.6 Å². The first kappa shape index (κ1) is 25.1. The highest BCUT2D eigenvalue weighted by Crippen LogP contribution is 2.41. The molecule has 0 aliphatic heterocycles. The Hall–Kier alpha value is -2.97. The third-order valence-corrected chi connectivity index (χ3v) is 7.69. The van der Waals surface area contributed by atoms with E-state index in [1.165, 1.54) is 11.9 Å². The van der Waals surface area contributed by atoms with Crippen molar-refractivity contribution in [1.29, 1.82) is 0 Å². The highest BCUT2D eigenvalue weighted by Gasteiger charge is 2.22. The number of thiazole rings is 1. The van der Waals surface area contributed by atoms with E-state index in [4.69, 9.17) is 9.97 Å². The van der Waals surface area contributed by atoms with Gasteiger partial charge in [0.2, 0.25) is 5.95 Å². The van der Waals surface area contributed by atoms with Crippen molar-refractivity contribution in [1.82, 2.24) is 15.0 Å². The number of hydrogen-bond donors (Lipinski definition) is 2. The molecular weight excluding hydrogens is 477 g/mol. The molecule has 35 heavy (non-hydrogen) atoms. The maximum absolute atomic E-state index is 15.8. The molecule has 0 unspecified atom stereocenters. The lowest BCUT2D eigenvalue weighted by molar-refractivity contribution is 0.635. The number of rotatable bonds is 9. The normalized spacial score (nSPS) is 11.3. The van der Waals surface area contributed by atoms with E-state index < -0.39 is 0 Å². The molecule has 2 aromatic heterocycles. The van der Waals surface area contributed by atoms with Gasteiger partial charge >= 0.3 is 0 Å². The summed E-state index contributed by atoms with van der Waals surface area (Å²) in [5, 5.41) is 4.22. The predicted molar refractivity (Wildman–Crippen MR) is 147 cm³/mol. The Kier molecular flexibility index (Phi) is 8.03. The molecule has 2 N–H and O–H groups in total. The fourth-order valence-electron chi connectivity index (χ4n) is 3.38. The fraction of sp³-hybridized carbons (Fsp3) is 0.296. The summed E-state index contributed by atoms with van der Waals surface area (Å²) in [6.07, 6.45) is 1.73. The van der Waals surface area contributed by atoms with Crippen molar-refractivity contribution < 1.29 is 4.39 Å². The average Bonchev–Trinajstić information content (AvgIpc) is 3.29. The van der Waals surface area contributed by atoms with Crippen LogP contribution in [0, 0.1) is 18.7 Å². The quantitative estimate of drug-likeness (QED) is 0.224. The number of nitrogens with zero attached hydrogens (tertiary/aromatic N) is 3. The van der Waals surface area contributed by atoms with E-state index in [-0.39, 0.29) is 11.7 Å². The van der Waals surface area contributed by atoms with Crippen molar-refractivity contribution >= 4 is 34.9 Å². The summed E-state index contributed by atoms with van der Waals surface area (Å²) in [5.41, 5.74) is 3.35. The minimum Gasteiger partial charge on any atom is -0.354 e. The van der Waals surface area contributed by atoms with Crippen molar-refractivity contribution in [3.05, 3.63) is 71.1 Å². The molecule has 2 aromatic carbocycles. The molecule has 0 bridgehead atoms. The van der Waals surface area contributed by atoms with Crippen molar-refractivity contribution in [2.24, 2.45) is 5.92 Å². The number of anilines is 2. The van der Waals surface area contributed by atoms with E-state index in [1.807, 2.05) is 43.3 Å². The van der Waals surface area contributed by atoms with Crippen LogP contribution in [-0.4, -0.2) is 21.5 Å². The number of hydrogen-bond acceptors (Lipinski definition) is 7. The summed E-state index contributed by atoms with van der Waals surface area (Å²) in [6, 6.07) is 15.3. The molecule has 182 valence electrons. The molecule has 0 amide bonds. The molecule has 0 saturated carbocycles. The molecule has 0 atom stereocenters. The topological polar surface area (TPSA) is 62.7 Å². The fourth-order valence-corrected chi connectivity index (χ4v) is 5.19. The summed E-state index contributed by atoms with van der Waals surface area (Å²) in [7, 11) is 0. The van der Waals surface area contributed by atoms with Crippen LogP contribution in [0.3, 0.4) is 0 Å². The number of aryl methyl sites for hydroxylation is 1. The second kappa shape index (κ2) is 11.2. The Morgan fingerprint density at radius 1 is 1.00 bits per heavy atom. The van der Waals surface area contributed by atoms with Crippen molar-refractivity contribution in [3.8, 4) is 21.8 Å². The van der Waals surface area contributed by atoms with E-state index in [1.54, 1.807) is 29.7 Å². The number of nitrogens with one attached hydrogen (secondary N) is 2. The molecule has 8 heteroatoms. The van der Waals surface area contributed by atoms with Gasteiger partial charge in [0.25, 0.3) is 0 Å². The minimum atomic E-state index is -0.331. The van der Waals surface area contributed by atoms with Crippen LogP contribution < -0.4 is 10.0 Å². The summed E-state index contributed by atoms with van der Waals surface area (Å²) in [4.78, 5) is 15.8. The van der Waals surface area contributed by atoms with Gasteiger partial charge in [-0.1, -0.05) is 52.0 Å². The van der Waals surface area contributed by atoms with Crippen LogP contribution in [0.25, 0.3) is 21.8 Å². The molecular formula is C27H30FN5S2. The molecule has 0 radical (unpaired) electrons. The van der Waals surface area contributed by atoms with E-state index in [9.17, 15) is 0 Å². The molecule has 0 fully saturated rings. The van der Waals surface area contributed by atoms with Crippen LogP contribution in [0.1, 0.15) is 44.2 Å². The van der Waals surface area contributed by atoms with Gasteiger partial charge in [-0.15, -0.1) is 11.3 Å². The second-order valence-electron chi connectivity index (χ2n) is 9.06. The van der Waals surface area contributed by atoms with Crippen LogP contribution in [0.2, 0.25) is 0 Å². The Balaban J connectivity index is 1.71. The van der Waals surface area contributed by atoms with Crippen molar-refractivity contribution in [2.75, 3.05) is 16.6 Å². The maximum Gasteiger partial charge on any atom is 0.223 e. The third-order valence-electron chi connectivity index (χ3n) is 5.31. The lowest BCUT2D eigenvalue weighted by atomic mass is 10.1. The highest BCUT2D eigenvalue weighted by atomic mass is 32.2. The summed E-state index contributed by atoms with van der Waals surface area (Å²) in [5.74, 6) is 0.916. The van der Waals surface area contributed by atoms with Gasteiger partial charge in [-0.3, -0.25) is 0 Å². The number of halogens is 1.